The number of urea groups is 2. The van der Waals surface area contributed by atoms with E-state index in [0.29, 0.717) is 65.0 Å². The number of benzene rings is 6. The normalized spacial score (nSPS) is 11.8. The minimum Gasteiger partial charge on any atom is -0.508 e. The zero-order valence-electron chi connectivity index (χ0n) is 69.8. The molecule has 0 fully saturated rings. The van der Waals surface area contributed by atoms with Crippen LogP contribution in [0.4, 0.5) is 22.8 Å². The number of nitrogens with one attached hydrogen (secondary N) is 12. The molecular formula is C86H117F3N18O18. The van der Waals surface area contributed by atoms with E-state index < -0.39 is 59.9 Å². The number of amides is 12. The van der Waals surface area contributed by atoms with Gasteiger partial charge in [0.15, 0.2) is 11.9 Å². The smallest absolute Gasteiger partial charge is 0.490 e. The standard InChI is InChI=1S/C84H116N18O16.C2HF3O2/c85-39-48-102(49-42-88-71(105)27-13-29-73(107)90-44-51-115-55-57-117-53-46-94-83(113)100-81(86)92-40-15-25-69(77(109)96-59-61-31-35-67(103)36-32-61)98-79(111)75(63-17-5-1-6-18-63)64-19-7-2-8-20-64)50-43-89-72(106)28-14-30-74(108)91-45-52-116-56-58-118-54-47-95-84(114)101-82(87)93-41-16-26-70(78(110)97-60-62-33-37-68(104)38-34-62)99-80(112)76(65-21-9-3-10-22-65)66-23-11-4-12-24-66;3-2(4,5)1(6)7/h1-12,17-24,31-38,69-70,75-76,103-104H,13-16,25-30,39-60,85H2,(H,88,105)(H,89,106)(H,90,107)(H,91,108)(H,96,109)(H,97,110)(H,98,111)(H,99,112)(H4,86,92,94,100,113)(H4,87,93,95,101,114);(H,6,7)/t69-,70-;/m1./s1. The molecule has 2 atom stereocenters. The third kappa shape index (κ3) is 45.8. The van der Waals surface area contributed by atoms with E-state index >= 15 is 0 Å². The first-order chi connectivity index (χ1) is 60.3. The number of aliphatic carboxylic acids is 1. The molecule has 36 nitrogen and oxygen atoms in total. The van der Waals surface area contributed by atoms with Crippen molar-refractivity contribution in [1.29, 1.82) is 0 Å². The first kappa shape index (κ1) is 103. The molecule has 6 aromatic rings. The molecule has 0 aliphatic heterocycles. The van der Waals surface area contributed by atoms with Crippen LogP contribution in [0, 0.1) is 0 Å². The number of phenols is 2. The van der Waals surface area contributed by atoms with Crippen LogP contribution in [0.5, 0.6) is 11.5 Å². The molecule has 21 N–H and O–H groups in total. The molecule has 0 aliphatic rings. The Balaban J connectivity index is 0.00000379. The predicted octanol–water partition coefficient (Wildman–Crippen LogP) is 3.22. The molecule has 0 radical (unpaired) electrons. The highest BCUT2D eigenvalue weighted by Gasteiger charge is 2.38. The average molecular weight is 1750 g/mol. The van der Waals surface area contributed by atoms with Crippen molar-refractivity contribution >= 4 is 77.2 Å². The zero-order valence-corrected chi connectivity index (χ0v) is 69.8. The van der Waals surface area contributed by atoms with Gasteiger partial charge in [-0.1, -0.05) is 146 Å². The van der Waals surface area contributed by atoms with Crippen LogP contribution in [-0.4, -0.2) is 247 Å². The number of carbonyl (C=O) groups is 11. The maximum Gasteiger partial charge on any atom is 0.490 e. The third-order valence-corrected chi connectivity index (χ3v) is 18.3. The quantitative estimate of drug-likeness (QED) is 0.0148. The molecule has 0 aliphatic carbocycles. The summed E-state index contributed by atoms with van der Waals surface area (Å²) in [6.07, 6.45) is -2.60. The summed E-state index contributed by atoms with van der Waals surface area (Å²) in [7, 11) is 0. The number of halogens is 3. The molecule has 0 heterocycles. The fourth-order valence-corrected chi connectivity index (χ4v) is 11.9. The number of carboxylic acid groups (broad SMARTS) is 1. The van der Waals surface area contributed by atoms with Crippen molar-refractivity contribution < 1.29 is 100 Å². The molecule has 6 rings (SSSR count). The number of nitrogens with two attached hydrogens (primary N) is 3. The van der Waals surface area contributed by atoms with E-state index in [4.69, 9.17) is 46.0 Å². The summed E-state index contributed by atoms with van der Waals surface area (Å²) in [5.74, 6) is -6.56. The van der Waals surface area contributed by atoms with E-state index in [1.54, 1.807) is 24.3 Å². The van der Waals surface area contributed by atoms with Crippen LogP contribution < -0.4 is 81.0 Å². The highest BCUT2D eigenvalue weighted by molar-refractivity contribution is 5.95. The van der Waals surface area contributed by atoms with Gasteiger partial charge in [0.05, 0.1) is 64.7 Å². The molecule has 0 bridgehead atoms. The van der Waals surface area contributed by atoms with Crippen LogP contribution in [0.3, 0.4) is 0 Å². The van der Waals surface area contributed by atoms with Gasteiger partial charge in [0.25, 0.3) is 0 Å². The lowest BCUT2D eigenvalue weighted by molar-refractivity contribution is -0.192. The number of alkyl halides is 3. The highest BCUT2D eigenvalue weighted by Crippen LogP contribution is 2.27. The molecular weight excluding hydrogens is 1630 g/mol. The summed E-state index contributed by atoms with van der Waals surface area (Å²) in [4.78, 5) is 148. The maximum absolute atomic E-state index is 14.0. The number of hydrogen-bond acceptors (Lipinski definition) is 19. The predicted molar refractivity (Wildman–Crippen MR) is 460 cm³/mol. The van der Waals surface area contributed by atoms with Gasteiger partial charge in [-0.25, -0.2) is 14.4 Å². The van der Waals surface area contributed by atoms with Gasteiger partial charge in [-0.2, -0.15) is 23.2 Å². The number of ether oxygens (including phenoxy) is 4. The van der Waals surface area contributed by atoms with Gasteiger partial charge < -0.3 is 115 Å². The van der Waals surface area contributed by atoms with Crippen molar-refractivity contribution in [3.63, 3.8) is 0 Å². The van der Waals surface area contributed by atoms with Crippen molar-refractivity contribution in [1.82, 2.24) is 68.7 Å². The van der Waals surface area contributed by atoms with Gasteiger partial charge in [-0.15, -0.1) is 0 Å². The monoisotopic (exact) mass is 1750 g/mol. The first-order valence-electron chi connectivity index (χ1n) is 41.0. The molecule has 39 heteroatoms. The maximum atomic E-state index is 14.0. The second-order valence-electron chi connectivity index (χ2n) is 28.0. The third-order valence-electron chi connectivity index (χ3n) is 18.3. The van der Waals surface area contributed by atoms with Gasteiger partial charge in [0.2, 0.25) is 47.3 Å². The van der Waals surface area contributed by atoms with Crippen LogP contribution in [0.2, 0.25) is 0 Å². The zero-order chi connectivity index (χ0) is 90.7. The van der Waals surface area contributed by atoms with Gasteiger partial charge >= 0.3 is 24.2 Å². The second-order valence-corrected chi connectivity index (χ2v) is 28.0. The number of rotatable bonds is 56. The lowest BCUT2D eigenvalue weighted by Gasteiger charge is -2.23. The number of carboxylic acids is 1. The Morgan fingerprint density at radius 3 is 0.960 bits per heavy atom. The Hall–Kier alpha value is -12.8. The molecule has 12 amide bonds. The molecule has 6 aromatic carbocycles. The van der Waals surface area contributed by atoms with Crippen molar-refractivity contribution in [2.75, 3.05) is 131 Å². The number of guanidine groups is 2. The van der Waals surface area contributed by atoms with E-state index in [1.165, 1.54) is 24.3 Å². The molecule has 0 saturated heterocycles. The lowest BCUT2D eigenvalue weighted by atomic mass is 9.90. The number of carbonyl (C=O) groups excluding carboxylic acids is 10. The highest BCUT2D eigenvalue weighted by atomic mass is 19.4. The minimum absolute atomic E-state index is 0.0965. The summed E-state index contributed by atoms with van der Waals surface area (Å²) >= 11 is 0. The number of hydrogen-bond donors (Lipinski definition) is 18. The van der Waals surface area contributed by atoms with E-state index in [9.17, 15) is 71.3 Å². The van der Waals surface area contributed by atoms with Crippen LogP contribution >= 0.6 is 0 Å². The van der Waals surface area contributed by atoms with E-state index in [-0.39, 0.29) is 203 Å². The minimum atomic E-state index is -5.08. The van der Waals surface area contributed by atoms with Gasteiger partial charge in [0, 0.05) is 117 Å². The molecule has 0 aromatic heterocycles. The molecule has 125 heavy (non-hydrogen) atoms. The molecule has 0 saturated carbocycles. The van der Waals surface area contributed by atoms with Crippen molar-refractivity contribution in [3.8, 4) is 11.5 Å². The SMILES string of the molecule is NCCN(CCNC(=O)CCCC(=O)NCCOCCOCCNC(=O)N=C(N)NCCC[C@@H](NC(=O)C(c1ccccc1)c1ccccc1)C(=O)NCc1ccc(O)cc1)CCNC(=O)CCCC(=O)NCCOCCOCCNC(=O)N=C(N)NCCC[C@@H](NC(=O)C(c1ccccc1)c1ccccc1)C(=O)NCc1ccc(O)cc1.O=C(O)C(F)(F)F. The first-order valence-corrected chi connectivity index (χ1v) is 41.0. The summed E-state index contributed by atoms with van der Waals surface area (Å²) in [6.45, 7) is 5.94. The summed E-state index contributed by atoms with van der Waals surface area (Å²) in [6, 6.07) is 46.8. The molecule has 0 spiro atoms. The lowest BCUT2D eigenvalue weighted by Crippen LogP contribution is -2.48. The summed E-state index contributed by atoms with van der Waals surface area (Å²) < 4.78 is 53.8. The number of aromatic hydroxyl groups is 2. The summed E-state index contributed by atoms with van der Waals surface area (Å²) in [5, 5.41) is 60.3. The van der Waals surface area contributed by atoms with Crippen molar-refractivity contribution in [2.24, 2.45) is 27.2 Å². The number of phenolic OH excluding ortho intramolecular Hbond substituents is 2. The fraction of sp³-hybridized carbons (Fsp3) is 0.430. The molecule has 0 unspecified atom stereocenters. The van der Waals surface area contributed by atoms with Crippen LogP contribution in [0.15, 0.2) is 180 Å². The Labute approximate surface area is 723 Å². The van der Waals surface area contributed by atoms with Gasteiger partial charge in [-0.3, -0.25) is 43.3 Å². The summed E-state index contributed by atoms with van der Waals surface area (Å²) in [5.41, 5.74) is 22.4. The Kier molecular flexibility index (Phi) is 49.8. The average Bonchev–Trinajstić information content (AvgIpc) is 0.827. The van der Waals surface area contributed by atoms with E-state index in [0.717, 1.165) is 33.4 Å². The van der Waals surface area contributed by atoms with E-state index in [2.05, 4.69) is 73.8 Å². The molecule has 680 valence electrons. The topological polar surface area (TPSA) is 536 Å². The van der Waals surface area contributed by atoms with Crippen LogP contribution in [-0.2, 0) is 75.2 Å². The van der Waals surface area contributed by atoms with Gasteiger partial charge in [-0.05, 0) is 96.2 Å². The van der Waals surface area contributed by atoms with Crippen LogP contribution in [0.1, 0.15) is 109 Å². The van der Waals surface area contributed by atoms with Gasteiger partial charge in [0.1, 0.15) is 23.6 Å². The largest absolute Gasteiger partial charge is 0.508 e. The van der Waals surface area contributed by atoms with Crippen molar-refractivity contribution in [3.05, 3.63) is 203 Å². The van der Waals surface area contributed by atoms with Crippen LogP contribution in [0.25, 0.3) is 0 Å². The Morgan fingerprint density at radius 2 is 0.664 bits per heavy atom. The van der Waals surface area contributed by atoms with E-state index in [1.807, 2.05) is 126 Å². The van der Waals surface area contributed by atoms with Crippen molar-refractivity contribution in [2.45, 2.75) is 107 Å². The fourth-order valence-electron chi connectivity index (χ4n) is 11.9. The Bertz CT molecular complexity index is 3930. The Morgan fingerprint density at radius 1 is 0.368 bits per heavy atom. The number of aliphatic imine (C=N–C) groups is 2. The second kappa shape index (κ2) is 60.6. The number of nitrogens with zero attached hydrogens (tertiary/aromatic N) is 3.